The quantitative estimate of drug-likeness (QED) is 0.524. The zero-order chi connectivity index (χ0) is 8.85. The van der Waals surface area contributed by atoms with Gasteiger partial charge in [0.05, 0.1) is 18.8 Å². The minimum Gasteiger partial charge on any atom is -0.394 e. The van der Waals surface area contributed by atoms with Gasteiger partial charge in [-0.25, -0.2) is 8.78 Å². The second-order valence-electron chi connectivity index (χ2n) is 2.37. The maximum absolute atomic E-state index is 11.8. The summed E-state index contributed by atoms with van der Waals surface area (Å²) in [6.45, 7) is 0.889. The lowest BCUT2D eigenvalue weighted by atomic mass is 10.3. The van der Waals surface area contributed by atoms with E-state index >= 15 is 0 Å². The SMILES string of the molecule is CC(NCC(O)CO)C(F)F. The average molecular weight is 169 g/mol. The fourth-order valence-corrected chi connectivity index (χ4v) is 0.476. The largest absolute Gasteiger partial charge is 0.394 e. The van der Waals surface area contributed by atoms with Gasteiger partial charge in [0.15, 0.2) is 0 Å². The molecule has 0 spiro atoms. The minimum absolute atomic E-state index is 0.0119. The van der Waals surface area contributed by atoms with E-state index in [-0.39, 0.29) is 6.54 Å². The molecule has 0 radical (unpaired) electrons. The van der Waals surface area contributed by atoms with Crippen LogP contribution in [0.25, 0.3) is 0 Å². The van der Waals surface area contributed by atoms with Gasteiger partial charge in [-0.1, -0.05) is 0 Å². The van der Waals surface area contributed by atoms with Gasteiger partial charge in [0.2, 0.25) is 0 Å². The molecule has 0 saturated heterocycles. The Morgan fingerprint density at radius 1 is 1.45 bits per heavy atom. The van der Waals surface area contributed by atoms with Crippen molar-refractivity contribution in [2.75, 3.05) is 13.2 Å². The van der Waals surface area contributed by atoms with Crippen LogP contribution in [0.15, 0.2) is 0 Å². The monoisotopic (exact) mass is 169 g/mol. The molecule has 3 nitrogen and oxygen atoms in total. The molecule has 0 aromatic rings. The Bertz CT molecular complexity index is 103. The van der Waals surface area contributed by atoms with E-state index in [9.17, 15) is 8.78 Å². The summed E-state index contributed by atoms with van der Waals surface area (Å²) in [6, 6.07) is -0.948. The van der Waals surface area contributed by atoms with E-state index in [1.54, 1.807) is 0 Å². The number of hydrogen-bond acceptors (Lipinski definition) is 3. The average Bonchev–Trinajstić information content (AvgIpc) is 1.99. The van der Waals surface area contributed by atoms with Crippen molar-refractivity contribution in [1.29, 1.82) is 0 Å². The Labute approximate surface area is 64.0 Å². The zero-order valence-corrected chi connectivity index (χ0v) is 6.30. The van der Waals surface area contributed by atoms with Crippen molar-refractivity contribution in [2.45, 2.75) is 25.5 Å². The van der Waals surface area contributed by atoms with E-state index in [1.165, 1.54) is 6.92 Å². The molecule has 68 valence electrons. The van der Waals surface area contributed by atoms with Crippen molar-refractivity contribution in [3.63, 3.8) is 0 Å². The molecule has 0 amide bonds. The summed E-state index contributed by atoms with van der Waals surface area (Å²) < 4.78 is 23.6. The summed E-state index contributed by atoms with van der Waals surface area (Å²) in [4.78, 5) is 0. The van der Waals surface area contributed by atoms with Gasteiger partial charge >= 0.3 is 0 Å². The lowest BCUT2D eigenvalue weighted by Crippen LogP contribution is -2.39. The highest BCUT2D eigenvalue weighted by Crippen LogP contribution is 1.98. The molecule has 0 aromatic heterocycles. The Morgan fingerprint density at radius 2 is 2.00 bits per heavy atom. The van der Waals surface area contributed by atoms with Crippen LogP contribution in [0.1, 0.15) is 6.92 Å². The molecule has 3 N–H and O–H groups in total. The highest BCUT2D eigenvalue weighted by molar-refractivity contribution is 4.65. The summed E-state index contributed by atoms with van der Waals surface area (Å²) in [5, 5.41) is 19.4. The molecule has 0 rings (SSSR count). The maximum atomic E-state index is 11.8. The third kappa shape index (κ3) is 5.06. The second-order valence-corrected chi connectivity index (χ2v) is 2.37. The molecule has 11 heavy (non-hydrogen) atoms. The Hall–Kier alpha value is -0.260. The molecule has 0 aliphatic heterocycles. The van der Waals surface area contributed by atoms with Gasteiger partial charge in [-0.2, -0.15) is 0 Å². The van der Waals surface area contributed by atoms with Gasteiger partial charge in [-0.15, -0.1) is 0 Å². The first-order chi connectivity index (χ1) is 5.07. The van der Waals surface area contributed by atoms with Gasteiger partial charge < -0.3 is 15.5 Å². The standard InChI is InChI=1S/C6H13F2NO2/c1-4(6(7)8)9-2-5(11)3-10/h4-6,9-11H,2-3H2,1H3. The smallest absolute Gasteiger partial charge is 0.253 e. The van der Waals surface area contributed by atoms with Crippen molar-refractivity contribution in [3.8, 4) is 0 Å². The molecular weight excluding hydrogens is 156 g/mol. The van der Waals surface area contributed by atoms with Gasteiger partial charge in [-0.3, -0.25) is 0 Å². The summed E-state index contributed by atoms with van der Waals surface area (Å²) in [5.41, 5.74) is 0. The number of rotatable bonds is 5. The molecule has 0 aliphatic carbocycles. The first-order valence-electron chi connectivity index (χ1n) is 3.38. The number of alkyl halides is 2. The topological polar surface area (TPSA) is 52.5 Å². The third-order valence-corrected chi connectivity index (χ3v) is 1.26. The highest BCUT2D eigenvalue weighted by Gasteiger charge is 2.14. The van der Waals surface area contributed by atoms with Crippen LogP contribution in [0.2, 0.25) is 0 Å². The predicted octanol–water partition coefficient (Wildman–Crippen LogP) is -0.417. The first-order valence-corrected chi connectivity index (χ1v) is 3.38. The van der Waals surface area contributed by atoms with E-state index in [0.29, 0.717) is 0 Å². The van der Waals surface area contributed by atoms with Crippen molar-refractivity contribution in [2.24, 2.45) is 0 Å². The van der Waals surface area contributed by atoms with E-state index < -0.39 is 25.2 Å². The van der Waals surface area contributed by atoms with Crippen molar-refractivity contribution in [3.05, 3.63) is 0 Å². The summed E-state index contributed by atoms with van der Waals surface area (Å²) in [7, 11) is 0. The Kier molecular flexibility index (Phi) is 5.27. The molecular formula is C6H13F2NO2. The number of aliphatic hydroxyl groups is 2. The molecule has 0 aromatic carbocycles. The van der Waals surface area contributed by atoms with Crippen LogP contribution >= 0.6 is 0 Å². The summed E-state index contributed by atoms with van der Waals surface area (Å²) in [6.07, 6.45) is -3.41. The first kappa shape index (κ1) is 10.7. The minimum atomic E-state index is -2.44. The number of nitrogens with one attached hydrogen (secondary N) is 1. The van der Waals surface area contributed by atoms with Crippen molar-refractivity contribution in [1.82, 2.24) is 5.32 Å². The van der Waals surface area contributed by atoms with Crippen molar-refractivity contribution >= 4 is 0 Å². The normalized spacial score (nSPS) is 16.9. The van der Waals surface area contributed by atoms with Crippen LogP contribution < -0.4 is 5.32 Å². The molecule has 0 heterocycles. The van der Waals surface area contributed by atoms with Crippen LogP contribution in [0.3, 0.4) is 0 Å². The molecule has 2 atom stereocenters. The Morgan fingerprint density at radius 3 is 2.36 bits per heavy atom. The highest BCUT2D eigenvalue weighted by atomic mass is 19.3. The summed E-state index contributed by atoms with van der Waals surface area (Å²) in [5.74, 6) is 0. The van der Waals surface area contributed by atoms with Gasteiger partial charge in [0, 0.05) is 6.54 Å². The predicted molar refractivity (Wildman–Crippen MR) is 36.6 cm³/mol. The number of halogens is 2. The van der Waals surface area contributed by atoms with E-state index in [4.69, 9.17) is 10.2 Å². The van der Waals surface area contributed by atoms with Crippen molar-refractivity contribution < 1.29 is 19.0 Å². The fourth-order valence-electron chi connectivity index (χ4n) is 0.476. The summed E-state index contributed by atoms with van der Waals surface area (Å²) >= 11 is 0. The van der Waals surface area contributed by atoms with Crippen LogP contribution in [-0.4, -0.2) is 41.9 Å². The van der Waals surface area contributed by atoms with Gasteiger partial charge in [0.1, 0.15) is 0 Å². The van der Waals surface area contributed by atoms with E-state index in [2.05, 4.69) is 5.32 Å². The molecule has 0 fully saturated rings. The van der Waals surface area contributed by atoms with E-state index in [0.717, 1.165) is 0 Å². The zero-order valence-electron chi connectivity index (χ0n) is 6.30. The number of aliphatic hydroxyl groups excluding tert-OH is 2. The van der Waals surface area contributed by atoms with E-state index in [1.807, 2.05) is 0 Å². The molecule has 0 saturated carbocycles. The van der Waals surface area contributed by atoms with Crippen LogP contribution in [0, 0.1) is 0 Å². The lowest BCUT2D eigenvalue weighted by molar-refractivity contribution is 0.0702. The molecule has 5 heteroatoms. The van der Waals surface area contributed by atoms with Crippen LogP contribution in [0.5, 0.6) is 0 Å². The van der Waals surface area contributed by atoms with Crippen LogP contribution in [0.4, 0.5) is 8.78 Å². The molecule has 0 aliphatic rings. The molecule has 2 unspecified atom stereocenters. The fraction of sp³-hybridized carbons (Fsp3) is 1.00. The molecule has 0 bridgehead atoms. The Balaban J connectivity index is 3.37. The number of hydrogen-bond donors (Lipinski definition) is 3. The third-order valence-electron chi connectivity index (χ3n) is 1.26. The maximum Gasteiger partial charge on any atom is 0.253 e. The second kappa shape index (κ2) is 5.40. The van der Waals surface area contributed by atoms with Gasteiger partial charge in [-0.05, 0) is 6.92 Å². The van der Waals surface area contributed by atoms with Gasteiger partial charge in [0.25, 0.3) is 6.43 Å². The van der Waals surface area contributed by atoms with Crippen LogP contribution in [-0.2, 0) is 0 Å². The lowest BCUT2D eigenvalue weighted by Gasteiger charge is -2.14.